The number of aromatic nitrogens is 2. The van der Waals surface area contributed by atoms with Gasteiger partial charge in [-0.3, -0.25) is 9.36 Å². The van der Waals surface area contributed by atoms with Gasteiger partial charge in [-0.25, -0.2) is 9.37 Å². The number of aryl methyl sites for hydroxylation is 1. The summed E-state index contributed by atoms with van der Waals surface area (Å²) in [6, 6.07) is 11.9. The lowest BCUT2D eigenvalue weighted by Gasteiger charge is -2.12. The molecule has 3 aromatic rings. The molecule has 0 unspecified atom stereocenters. The normalized spacial score (nSPS) is 10.7. The molecule has 0 saturated carbocycles. The fraction of sp³-hybridized carbons (Fsp3) is 0.158. The molecule has 1 heterocycles. The van der Waals surface area contributed by atoms with E-state index < -0.39 is 0 Å². The third-order valence-corrected chi connectivity index (χ3v) is 4.72. The molecule has 0 N–H and O–H groups in total. The van der Waals surface area contributed by atoms with Crippen LogP contribution in [0, 0.1) is 12.7 Å². The second kappa shape index (κ2) is 7.53. The number of benzene rings is 2. The van der Waals surface area contributed by atoms with E-state index in [0.717, 1.165) is 11.1 Å². The van der Waals surface area contributed by atoms with E-state index in [-0.39, 0.29) is 11.4 Å². The maximum absolute atomic E-state index is 13.0. The largest absolute Gasteiger partial charge is 0.495 e. The van der Waals surface area contributed by atoms with Gasteiger partial charge in [0.1, 0.15) is 11.6 Å². The minimum atomic E-state index is -0.277. The van der Waals surface area contributed by atoms with Crippen molar-refractivity contribution in [3.8, 4) is 11.4 Å². The highest BCUT2D eigenvalue weighted by Gasteiger charge is 2.11. The minimum Gasteiger partial charge on any atom is -0.495 e. The zero-order valence-electron chi connectivity index (χ0n) is 13.9. The summed E-state index contributed by atoms with van der Waals surface area (Å²) in [6.45, 7) is 1.96. The maximum atomic E-state index is 13.0. The van der Waals surface area contributed by atoms with Crippen LogP contribution in [0.25, 0.3) is 5.69 Å². The molecule has 0 saturated heterocycles. The first kappa shape index (κ1) is 17.2. The first-order chi connectivity index (χ1) is 12.1. The lowest BCUT2D eigenvalue weighted by Crippen LogP contribution is -2.21. The Hall–Kier alpha value is -2.60. The molecule has 0 fully saturated rings. The predicted octanol–water partition coefficient (Wildman–Crippen LogP) is 3.98. The van der Waals surface area contributed by atoms with Gasteiger partial charge in [-0.05, 0) is 42.3 Å². The Labute approximate surface area is 149 Å². The highest BCUT2D eigenvalue weighted by atomic mass is 32.2. The molecule has 6 heteroatoms. The predicted molar refractivity (Wildman–Crippen MR) is 97.1 cm³/mol. The number of hydrogen-bond donors (Lipinski definition) is 0. The van der Waals surface area contributed by atoms with Crippen molar-refractivity contribution in [2.75, 3.05) is 7.11 Å². The van der Waals surface area contributed by atoms with E-state index in [2.05, 4.69) is 4.98 Å². The number of methoxy groups -OCH3 is 1. The lowest BCUT2D eigenvalue weighted by atomic mass is 10.2. The van der Waals surface area contributed by atoms with Crippen LogP contribution in [0.4, 0.5) is 4.39 Å². The maximum Gasteiger partial charge on any atom is 0.287 e. The molecule has 1 aromatic heterocycles. The molecule has 0 radical (unpaired) electrons. The van der Waals surface area contributed by atoms with E-state index in [4.69, 9.17) is 4.74 Å². The second-order valence-corrected chi connectivity index (χ2v) is 6.46. The number of thioether (sulfide) groups is 1. The summed E-state index contributed by atoms with van der Waals surface area (Å²) < 4.78 is 19.9. The van der Waals surface area contributed by atoms with Gasteiger partial charge in [0.2, 0.25) is 0 Å². The van der Waals surface area contributed by atoms with Gasteiger partial charge in [0.05, 0.1) is 12.8 Å². The van der Waals surface area contributed by atoms with Crippen molar-refractivity contribution < 1.29 is 9.13 Å². The monoisotopic (exact) mass is 356 g/mol. The van der Waals surface area contributed by atoms with Crippen LogP contribution in [0.15, 0.2) is 64.7 Å². The highest BCUT2D eigenvalue weighted by Crippen LogP contribution is 2.24. The molecule has 0 spiro atoms. The first-order valence-corrected chi connectivity index (χ1v) is 8.67. The van der Waals surface area contributed by atoms with Gasteiger partial charge in [-0.2, -0.15) is 0 Å². The van der Waals surface area contributed by atoms with E-state index in [1.165, 1.54) is 28.5 Å². The molecule has 3 rings (SSSR count). The van der Waals surface area contributed by atoms with Crippen molar-refractivity contribution >= 4 is 11.8 Å². The fourth-order valence-electron chi connectivity index (χ4n) is 2.40. The van der Waals surface area contributed by atoms with Crippen LogP contribution < -0.4 is 10.3 Å². The highest BCUT2D eigenvalue weighted by molar-refractivity contribution is 7.98. The SMILES string of the molecule is COc1ccc(C)cc1-n1ccnc(SCc2ccc(F)cc2)c1=O. The molecule has 0 aliphatic carbocycles. The standard InChI is InChI=1S/C19H17FN2O2S/c1-13-3-8-17(24-2)16(11-13)22-10-9-21-18(19(22)23)25-12-14-4-6-15(20)7-5-14/h3-11H,12H2,1-2H3. The van der Waals surface area contributed by atoms with Gasteiger partial charge in [0.25, 0.3) is 5.56 Å². The smallest absolute Gasteiger partial charge is 0.287 e. The quantitative estimate of drug-likeness (QED) is 0.649. The Kier molecular flexibility index (Phi) is 5.19. The average Bonchev–Trinajstić information content (AvgIpc) is 2.62. The molecule has 0 atom stereocenters. The summed E-state index contributed by atoms with van der Waals surface area (Å²) in [5.74, 6) is 0.881. The zero-order chi connectivity index (χ0) is 17.8. The topological polar surface area (TPSA) is 44.1 Å². The van der Waals surface area contributed by atoms with E-state index >= 15 is 0 Å². The molecule has 0 bridgehead atoms. The van der Waals surface area contributed by atoms with Crippen LogP contribution in [0.5, 0.6) is 5.75 Å². The van der Waals surface area contributed by atoms with Crippen LogP contribution in [-0.4, -0.2) is 16.7 Å². The molecule has 0 aliphatic heterocycles. The van der Waals surface area contributed by atoms with Crippen LogP contribution >= 0.6 is 11.8 Å². The van der Waals surface area contributed by atoms with E-state index in [1.54, 1.807) is 31.6 Å². The summed E-state index contributed by atoms with van der Waals surface area (Å²) in [7, 11) is 1.57. The molecular weight excluding hydrogens is 339 g/mol. The van der Waals surface area contributed by atoms with Crippen molar-refractivity contribution in [2.45, 2.75) is 17.7 Å². The van der Waals surface area contributed by atoms with Gasteiger partial charge in [-0.1, -0.05) is 30.0 Å². The van der Waals surface area contributed by atoms with Gasteiger partial charge in [-0.15, -0.1) is 0 Å². The first-order valence-electron chi connectivity index (χ1n) is 7.68. The van der Waals surface area contributed by atoms with E-state index in [9.17, 15) is 9.18 Å². The zero-order valence-corrected chi connectivity index (χ0v) is 14.7. The van der Waals surface area contributed by atoms with Gasteiger partial charge < -0.3 is 4.74 Å². The number of rotatable bonds is 5. The number of halogens is 1. The van der Waals surface area contributed by atoms with Crippen LogP contribution in [0.3, 0.4) is 0 Å². The minimum absolute atomic E-state index is 0.210. The summed E-state index contributed by atoms with van der Waals surface area (Å²) >= 11 is 1.32. The molecular formula is C19H17FN2O2S. The van der Waals surface area contributed by atoms with Crippen LogP contribution in [0.2, 0.25) is 0 Å². The van der Waals surface area contributed by atoms with Gasteiger partial charge in [0.15, 0.2) is 5.03 Å². The average molecular weight is 356 g/mol. The molecule has 0 aliphatic rings. The van der Waals surface area contributed by atoms with Crippen molar-refractivity contribution in [1.82, 2.24) is 9.55 Å². The van der Waals surface area contributed by atoms with Gasteiger partial charge in [0, 0.05) is 18.1 Å². The van der Waals surface area contributed by atoms with Crippen molar-refractivity contribution in [3.05, 3.63) is 82.2 Å². The molecule has 25 heavy (non-hydrogen) atoms. The lowest BCUT2D eigenvalue weighted by molar-refractivity contribution is 0.412. The Morgan fingerprint density at radius 2 is 1.96 bits per heavy atom. The summed E-state index contributed by atoms with van der Waals surface area (Å²) in [4.78, 5) is 17.0. The second-order valence-electron chi connectivity index (χ2n) is 5.50. The van der Waals surface area contributed by atoms with Crippen LogP contribution in [0.1, 0.15) is 11.1 Å². The Morgan fingerprint density at radius 3 is 2.68 bits per heavy atom. The van der Waals surface area contributed by atoms with Gasteiger partial charge >= 0.3 is 0 Å². The number of hydrogen-bond acceptors (Lipinski definition) is 4. The third kappa shape index (κ3) is 3.91. The fourth-order valence-corrected chi connectivity index (χ4v) is 3.26. The van der Waals surface area contributed by atoms with Crippen molar-refractivity contribution in [3.63, 3.8) is 0 Å². The van der Waals surface area contributed by atoms with Crippen molar-refractivity contribution in [1.29, 1.82) is 0 Å². The van der Waals surface area contributed by atoms with Crippen LogP contribution in [-0.2, 0) is 5.75 Å². The Bertz CT molecular complexity index is 939. The Balaban J connectivity index is 1.91. The summed E-state index contributed by atoms with van der Waals surface area (Å²) in [5, 5.41) is 0.385. The Morgan fingerprint density at radius 1 is 1.20 bits per heavy atom. The van der Waals surface area contributed by atoms with Crippen molar-refractivity contribution in [2.24, 2.45) is 0 Å². The molecule has 4 nitrogen and oxygen atoms in total. The summed E-state index contributed by atoms with van der Waals surface area (Å²) in [5.41, 5.74) is 2.42. The van der Waals surface area contributed by atoms with E-state index in [1.807, 2.05) is 25.1 Å². The summed E-state index contributed by atoms with van der Waals surface area (Å²) in [6.07, 6.45) is 3.22. The van der Waals surface area contributed by atoms with E-state index in [0.29, 0.717) is 22.2 Å². The molecule has 2 aromatic carbocycles. The number of ether oxygens (including phenoxy) is 1. The number of nitrogens with zero attached hydrogens (tertiary/aromatic N) is 2. The third-order valence-electron chi connectivity index (χ3n) is 3.69. The molecule has 0 amide bonds. The molecule has 128 valence electrons.